The van der Waals surface area contributed by atoms with E-state index >= 15 is 0 Å². The molecule has 0 radical (unpaired) electrons. The molecular formula is C22H35N3O3S. The van der Waals surface area contributed by atoms with E-state index in [2.05, 4.69) is 25.7 Å². The highest BCUT2D eigenvalue weighted by atomic mass is 32.2. The Morgan fingerprint density at radius 1 is 1.03 bits per heavy atom. The minimum absolute atomic E-state index is 0.175. The lowest BCUT2D eigenvalue weighted by Gasteiger charge is -2.36. The van der Waals surface area contributed by atoms with Crippen LogP contribution in [0.4, 0.5) is 0 Å². The third-order valence-corrected chi connectivity index (χ3v) is 8.44. The van der Waals surface area contributed by atoms with Crippen molar-refractivity contribution in [3.05, 3.63) is 29.8 Å². The van der Waals surface area contributed by atoms with Gasteiger partial charge in [0.2, 0.25) is 15.9 Å². The van der Waals surface area contributed by atoms with Crippen LogP contribution in [0, 0.1) is 5.92 Å². The fourth-order valence-corrected chi connectivity index (χ4v) is 5.45. The molecule has 2 saturated heterocycles. The molecule has 2 aliphatic heterocycles. The van der Waals surface area contributed by atoms with Gasteiger partial charge in [-0.25, -0.2) is 8.42 Å². The molecule has 2 heterocycles. The van der Waals surface area contributed by atoms with Crippen LogP contribution in [0.2, 0.25) is 0 Å². The number of carbonyl (C=O) groups excluding carboxylic acids is 1. The lowest BCUT2D eigenvalue weighted by atomic mass is 9.99. The number of hydrogen-bond acceptors (Lipinski definition) is 4. The number of piperazine rings is 1. The predicted octanol–water partition coefficient (Wildman–Crippen LogP) is 2.76. The van der Waals surface area contributed by atoms with Crippen LogP contribution in [0.3, 0.4) is 0 Å². The zero-order valence-corrected chi connectivity index (χ0v) is 18.8. The summed E-state index contributed by atoms with van der Waals surface area (Å²) in [6.45, 7) is 10.7. The van der Waals surface area contributed by atoms with Gasteiger partial charge in [0.1, 0.15) is 0 Å². The van der Waals surface area contributed by atoms with Crippen molar-refractivity contribution in [3.63, 3.8) is 0 Å². The van der Waals surface area contributed by atoms with Crippen molar-refractivity contribution in [1.29, 1.82) is 0 Å². The molecule has 2 aliphatic rings. The van der Waals surface area contributed by atoms with Crippen molar-refractivity contribution in [2.24, 2.45) is 5.92 Å². The average molecular weight is 422 g/mol. The molecule has 1 aromatic carbocycles. The maximum atomic E-state index is 13.0. The van der Waals surface area contributed by atoms with Crippen LogP contribution in [-0.4, -0.2) is 74.2 Å². The number of hydrogen-bond donors (Lipinski definition) is 0. The molecule has 0 saturated carbocycles. The summed E-state index contributed by atoms with van der Waals surface area (Å²) in [5, 5.41) is 0. The molecule has 0 aromatic heterocycles. The van der Waals surface area contributed by atoms with Gasteiger partial charge < -0.3 is 4.90 Å². The normalized spacial score (nSPS) is 21.3. The second-order valence-corrected chi connectivity index (χ2v) is 10.6. The van der Waals surface area contributed by atoms with Gasteiger partial charge in [0, 0.05) is 39.3 Å². The van der Waals surface area contributed by atoms with Crippen LogP contribution >= 0.6 is 0 Å². The van der Waals surface area contributed by atoms with Gasteiger partial charge >= 0.3 is 0 Å². The second kappa shape index (κ2) is 9.58. The van der Waals surface area contributed by atoms with Gasteiger partial charge in [0.15, 0.2) is 0 Å². The summed E-state index contributed by atoms with van der Waals surface area (Å²) in [6, 6.07) is 7.30. The van der Waals surface area contributed by atoms with Crippen molar-refractivity contribution in [3.8, 4) is 0 Å². The fraction of sp³-hybridized carbons (Fsp3) is 0.682. The van der Waals surface area contributed by atoms with Gasteiger partial charge in [-0.3, -0.25) is 9.69 Å². The van der Waals surface area contributed by atoms with E-state index in [1.54, 1.807) is 16.4 Å². The summed E-state index contributed by atoms with van der Waals surface area (Å²) in [6.07, 6.45) is 3.18. The topological polar surface area (TPSA) is 60.9 Å². The minimum atomic E-state index is -3.48. The first-order valence-electron chi connectivity index (χ1n) is 10.9. The Hall–Kier alpha value is -1.44. The average Bonchev–Trinajstić information content (AvgIpc) is 2.74. The Morgan fingerprint density at radius 2 is 1.62 bits per heavy atom. The van der Waals surface area contributed by atoms with Gasteiger partial charge in [-0.15, -0.1) is 0 Å². The van der Waals surface area contributed by atoms with E-state index in [0.29, 0.717) is 49.5 Å². The number of benzene rings is 1. The molecule has 7 heteroatoms. The van der Waals surface area contributed by atoms with Crippen LogP contribution in [0.5, 0.6) is 0 Å². The van der Waals surface area contributed by atoms with Crippen molar-refractivity contribution >= 4 is 15.9 Å². The van der Waals surface area contributed by atoms with E-state index in [0.717, 1.165) is 32.4 Å². The molecule has 0 aliphatic carbocycles. The Labute approximate surface area is 175 Å². The molecule has 1 amide bonds. The monoisotopic (exact) mass is 421 g/mol. The minimum Gasteiger partial charge on any atom is -0.342 e. The first-order chi connectivity index (χ1) is 13.8. The van der Waals surface area contributed by atoms with Crippen LogP contribution in [-0.2, 0) is 14.8 Å². The number of sulfonamides is 1. The van der Waals surface area contributed by atoms with Crippen molar-refractivity contribution in [2.45, 2.75) is 50.8 Å². The van der Waals surface area contributed by atoms with Gasteiger partial charge in [0.05, 0.1) is 11.4 Å². The first kappa shape index (κ1) is 22.2. The lowest BCUT2D eigenvalue weighted by Crippen LogP contribution is -2.52. The largest absolute Gasteiger partial charge is 0.342 e. The van der Waals surface area contributed by atoms with Gasteiger partial charge in [-0.1, -0.05) is 32.9 Å². The number of likely N-dealkylation sites (tertiary alicyclic amines) is 1. The number of carbonyl (C=O) groups is 1. The first-order valence-corrected chi connectivity index (χ1v) is 12.4. The van der Waals surface area contributed by atoms with E-state index in [9.17, 15) is 13.2 Å². The van der Waals surface area contributed by atoms with Gasteiger partial charge in [-0.2, -0.15) is 4.31 Å². The molecule has 0 spiro atoms. The number of piperidine rings is 1. The van der Waals surface area contributed by atoms with E-state index in [1.807, 2.05) is 17.0 Å². The highest BCUT2D eigenvalue weighted by Crippen LogP contribution is 2.23. The summed E-state index contributed by atoms with van der Waals surface area (Å²) in [5.74, 6) is 1.30. The van der Waals surface area contributed by atoms with E-state index < -0.39 is 10.0 Å². The summed E-state index contributed by atoms with van der Waals surface area (Å²) in [5.41, 5.74) is 1.17. The van der Waals surface area contributed by atoms with Crippen molar-refractivity contribution in [2.75, 3.05) is 45.8 Å². The molecule has 29 heavy (non-hydrogen) atoms. The molecule has 1 atom stereocenters. The summed E-state index contributed by atoms with van der Waals surface area (Å²) >= 11 is 0. The van der Waals surface area contributed by atoms with Crippen LogP contribution in [0.15, 0.2) is 29.2 Å². The molecule has 162 valence electrons. The molecule has 2 fully saturated rings. The molecule has 1 aromatic rings. The molecule has 0 N–H and O–H groups in total. The predicted molar refractivity (Wildman–Crippen MR) is 115 cm³/mol. The van der Waals surface area contributed by atoms with Crippen LogP contribution < -0.4 is 0 Å². The maximum Gasteiger partial charge on any atom is 0.243 e. The quantitative estimate of drug-likeness (QED) is 0.709. The van der Waals surface area contributed by atoms with Crippen molar-refractivity contribution < 1.29 is 13.2 Å². The summed E-state index contributed by atoms with van der Waals surface area (Å²) < 4.78 is 27.5. The zero-order valence-electron chi connectivity index (χ0n) is 18.0. The third-order valence-electron chi connectivity index (χ3n) is 6.53. The molecule has 3 rings (SSSR count). The fourth-order valence-electron chi connectivity index (χ4n) is 4.03. The van der Waals surface area contributed by atoms with E-state index in [1.165, 1.54) is 5.56 Å². The number of nitrogens with zero attached hydrogens (tertiary/aromatic N) is 3. The Morgan fingerprint density at radius 3 is 2.17 bits per heavy atom. The molecule has 6 nitrogen and oxygen atoms in total. The number of amides is 1. The molecule has 0 unspecified atom stereocenters. The Kier molecular flexibility index (Phi) is 7.35. The standard InChI is InChI=1S/C22H35N3O3S/c1-4-19(3)20-5-7-21(8-6-20)29(27,28)25-15-13-23(14-16-25)17-22(26)24-11-9-18(2)10-12-24/h5-8,18-19H,4,9-17H2,1-3H3/t19-/m1/s1. The molecule has 0 bridgehead atoms. The lowest BCUT2D eigenvalue weighted by molar-refractivity contribution is -0.134. The van der Waals surface area contributed by atoms with E-state index in [4.69, 9.17) is 0 Å². The third kappa shape index (κ3) is 5.38. The SMILES string of the molecule is CC[C@@H](C)c1ccc(S(=O)(=O)N2CCN(CC(=O)N3CCC(C)CC3)CC2)cc1. The van der Waals surface area contributed by atoms with Crippen LogP contribution in [0.1, 0.15) is 51.5 Å². The van der Waals surface area contributed by atoms with Gasteiger partial charge in [-0.05, 0) is 48.8 Å². The Balaban J connectivity index is 1.53. The molecular weight excluding hydrogens is 386 g/mol. The van der Waals surface area contributed by atoms with Gasteiger partial charge in [0.25, 0.3) is 0 Å². The maximum absolute atomic E-state index is 13.0. The smallest absolute Gasteiger partial charge is 0.243 e. The van der Waals surface area contributed by atoms with Crippen molar-refractivity contribution in [1.82, 2.24) is 14.1 Å². The number of rotatable bonds is 6. The highest BCUT2D eigenvalue weighted by molar-refractivity contribution is 7.89. The van der Waals surface area contributed by atoms with Crippen LogP contribution in [0.25, 0.3) is 0 Å². The van der Waals surface area contributed by atoms with E-state index in [-0.39, 0.29) is 5.91 Å². The summed E-state index contributed by atoms with van der Waals surface area (Å²) in [4.78, 5) is 16.9. The summed E-state index contributed by atoms with van der Waals surface area (Å²) in [7, 11) is -3.48. The zero-order chi connectivity index (χ0) is 21.0. The highest BCUT2D eigenvalue weighted by Gasteiger charge is 2.30. The Bertz CT molecular complexity index is 778. The second-order valence-electron chi connectivity index (χ2n) is 8.62.